The number of pyridine rings is 1. The molecule has 0 spiro atoms. The van der Waals surface area contributed by atoms with E-state index in [2.05, 4.69) is 22.7 Å². The number of nitrogens with one attached hydrogen (secondary N) is 2. The second-order valence-corrected chi connectivity index (χ2v) is 5.66. The zero-order chi connectivity index (χ0) is 14.9. The van der Waals surface area contributed by atoms with Gasteiger partial charge in [-0.3, -0.25) is 4.79 Å². The van der Waals surface area contributed by atoms with Gasteiger partial charge in [-0.2, -0.15) is 0 Å². The summed E-state index contributed by atoms with van der Waals surface area (Å²) in [5.41, 5.74) is 2.94. The molecule has 110 valence electrons. The first-order chi connectivity index (χ1) is 10.2. The van der Waals surface area contributed by atoms with Gasteiger partial charge in [-0.1, -0.05) is 31.2 Å². The van der Waals surface area contributed by atoms with Crippen molar-refractivity contribution in [2.45, 2.75) is 38.1 Å². The van der Waals surface area contributed by atoms with E-state index in [9.17, 15) is 4.79 Å². The van der Waals surface area contributed by atoms with Crippen molar-refractivity contribution in [2.24, 2.45) is 5.84 Å². The summed E-state index contributed by atoms with van der Waals surface area (Å²) in [4.78, 5) is 16.8. The molecule has 0 bridgehead atoms. The number of nitrogens with zero attached hydrogens (tertiary/aromatic N) is 1. The fourth-order valence-corrected chi connectivity index (χ4v) is 2.90. The Labute approximate surface area is 123 Å². The molecule has 1 aliphatic rings. The fraction of sp³-hybridized carbons (Fsp3) is 0.375. The molecule has 5 heteroatoms. The van der Waals surface area contributed by atoms with Gasteiger partial charge in [0.15, 0.2) is 0 Å². The summed E-state index contributed by atoms with van der Waals surface area (Å²) in [6.45, 7) is 2.11. The van der Waals surface area contributed by atoms with Crippen LogP contribution in [0.15, 0.2) is 30.3 Å². The number of hydrazine groups is 1. The molecule has 0 unspecified atom stereocenters. The summed E-state index contributed by atoms with van der Waals surface area (Å²) in [7, 11) is 0. The number of carbonyl (C=O) groups excluding carboxylic acids is 1. The Bertz CT molecular complexity index is 674. The Balaban J connectivity index is 1.94. The van der Waals surface area contributed by atoms with Crippen LogP contribution in [0.2, 0.25) is 0 Å². The van der Waals surface area contributed by atoms with Gasteiger partial charge in [0.2, 0.25) is 0 Å². The maximum atomic E-state index is 12.5. The van der Waals surface area contributed by atoms with E-state index < -0.39 is 0 Å². The van der Waals surface area contributed by atoms with Gasteiger partial charge < -0.3 is 10.7 Å². The minimum Gasteiger partial charge on any atom is -0.345 e. The van der Waals surface area contributed by atoms with Crippen molar-refractivity contribution >= 4 is 22.5 Å². The van der Waals surface area contributed by atoms with Gasteiger partial charge in [0, 0.05) is 10.9 Å². The molecular weight excluding hydrogens is 264 g/mol. The van der Waals surface area contributed by atoms with Crippen LogP contribution in [-0.2, 0) is 0 Å². The number of nitrogen functional groups attached to an aromatic ring is 1. The van der Waals surface area contributed by atoms with E-state index in [4.69, 9.17) is 5.84 Å². The van der Waals surface area contributed by atoms with Crippen molar-refractivity contribution in [3.05, 3.63) is 36.0 Å². The van der Waals surface area contributed by atoms with Crippen LogP contribution in [0.5, 0.6) is 0 Å². The number of hydrogen-bond acceptors (Lipinski definition) is 4. The highest BCUT2D eigenvalue weighted by Crippen LogP contribution is 2.35. The summed E-state index contributed by atoms with van der Waals surface area (Å²) in [6.07, 6.45) is 4.22. The second-order valence-electron chi connectivity index (χ2n) is 5.66. The number of fused-ring (bicyclic) bond motifs is 1. The van der Waals surface area contributed by atoms with Crippen molar-refractivity contribution < 1.29 is 4.79 Å². The van der Waals surface area contributed by atoms with Gasteiger partial charge in [-0.05, 0) is 37.1 Å². The third-order valence-electron chi connectivity index (χ3n) is 4.48. The van der Waals surface area contributed by atoms with E-state index in [1.165, 1.54) is 6.42 Å². The minimum atomic E-state index is -0.126. The standard InChI is InChI=1S/C16H20N4O/c1-2-16(8-5-9-16)19-15(21)13-10-11-6-3-4-7-12(11)14(18-13)20-17/h3-4,6-7,10H,2,5,8-9,17H2,1H3,(H,18,20)(H,19,21). The molecule has 1 aromatic carbocycles. The molecule has 0 radical (unpaired) electrons. The van der Waals surface area contributed by atoms with Gasteiger partial charge in [0.05, 0.1) is 0 Å². The van der Waals surface area contributed by atoms with Crippen molar-refractivity contribution in [3.63, 3.8) is 0 Å². The number of nitrogens with two attached hydrogens (primary N) is 1. The van der Waals surface area contributed by atoms with Crippen LogP contribution in [0.25, 0.3) is 10.8 Å². The summed E-state index contributed by atoms with van der Waals surface area (Å²) in [6, 6.07) is 9.55. The Morgan fingerprint density at radius 3 is 2.76 bits per heavy atom. The SMILES string of the molecule is CCC1(NC(=O)c2cc3ccccc3c(NN)n2)CCC1. The predicted octanol–water partition coefficient (Wildman–Crippen LogP) is 2.58. The molecule has 0 saturated heterocycles. The maximum Gasteiger partial charge on any atom is 0.270 e. The lowest BCUT2D eigenvalue weighted by atomic mass is 9.75. The Hall–Kier alpha value is -2.14. The van der Waals surface area contributed by atoms with E-state index in [-0.39, 0.29) is 11.4 Å². The predicted molar refractivity (Wildman–Crippen MR) is 83.9 cm³/mol. The minimum absolute atomic E-state index is 0.0410. The first kappa shape index (κ1) is 13.8. The second kappa shape index (κ2) is 5.33. The summed E-state index contributed by atoms with van der Waals surface area (Å²) < 4.78 is 0. The molecule has 1 saturated carbocycles. The average molecular weight is 284 g/mol. The number of amides is 1. The zero-order valence-electron chi connectivity index (χ0n) is 12.1. The Morgan fingerprint density at radius 1 is 1.38 bits per heavy atom. The summed E-state index contributed by atoms with van der Waals surface area (Å²) in [5.74, 6) is 5.93. The van der Waals surface area contributed by atoms with Crippen LogP contribution in [0.4, 0.5) is 5.82 Å². The number of hydrogen-bond donors (Lipinski definition) is 3. The molecule has 3 rings (SSSR count). The van der Waals surface area contributed by atoms with E-state index in [1.807, 2.05) is 30.3 Å². The van der Waals surface area contributed by atoms with Crippen LogP contribution in [-0.4, -0.2) is 16.4 Å². The lowest BCUT2D eigenvalue weighted by Gasteiger charge is -2.41. The largest absolute Gasteiger partial charge is 0.345 e. The fourth-order valence-electron chi connectivity index (χ4n) is 2.90. The van der Waals surface area contributed by atoms with Gasteiger partial charge in [0.25, 0.3) is 5.91 Å². The smallest absolute Gasteiger partial charge is 0.270 e. The van der Waals surface area contributed by atoms with Crippen LogP contribution in [0.1, 0.15) is 43.1 Å². The normalized spacial score (nSPS) is 16.3. The maximum absolute atomic E-state index is 12.5. The third-order valence-corrected chi connectivity index (χ3v) is 4.48. The van der Waals surface area contributed by atoms with Gasteiger partial charge in [-0.25, -0.2) is 10.8 Å². The quantitative estimate of drug-likeness (QED) is 0.595. The van der Waals surface area contributed by atoms with Gasteiger partial charge in [0.1, 0.15) is 11.5 Å². The molecule has 0 atom stereocenters. The highest BCUT2D eigenvalue weighted by molar-refractivity contribution is 6.00. The van der Waals surface area contributed by atoms with E-state index >= 15 is 0 Å². The first-order valence-electron chi connectivity index (χ1n) is 7.36. The Kier molecular flexibility index (Phi) is 3.51. The van der Waals surface area contributed by atoms with Gasteiger partial charge in [-0.15, -0.1) is 0 Å². The summed E-state index contributed by atoms with van der Waals surface area (Å²) >= 11 is 0. The van der Waals surface area contributed by atoms with Crippen LogP contribution >= 0.6 is 0 Å². The number of aromatic nitrogens is 1. The molecule has 21 heavy (non-hydrogen) atoms. The zero-order valence-corrected chi connectivity index (χ0v) is 12.1. The molecule has 1 aromatic heterocycles. The lowest BCUT2D eigenvalue weighted by Crippen LogP contribution is -2.53. The van der Waals surface area contributed by atoms with Crippen molar-refractivity contribution in [1.29, 1.82) is 0 Å². The van der Waals surface area contributed by atoms with Crippen LogP contribution < -0.4 is 16.6 Å². The Morgan fingerprint density at radius 2 is 2.14 bits per heavy atom. The number of carbonyl (C=O) groups is 1. The van der Waals surface area contributed by atoms with E-state index in [0.717, 1.165) is 30.0 Å². The molecular formula is C16H20N4O. The average Bonchev–Trinajstić information content (AvgIpc) is 2.49. The van der Waals surface area contributed by atoms with Crippen LogP contribution in [0, 0.1) is 0 Å². The molecule has 1 heterocycles. The molecule has 1 aliphatic carbocycles. The number of benzene rings is 1. The highest BCUT2D eigenvalue weighted by Gasteiger charge is 2.36. The van der Waals surface area contributed by atoms with Crippen molar-refractivity contribution in [1.82, 2.24) is 10.3 Å². The highest BCUT2D eigenvalue weighted by atomic mass is 16.2. The monoisotopic (exact) mass is 284 g/mol. The molecule has 1 fully saturated rings. The van der Waals surface area contributed by atoms with Crippen molar-refractivity contribution in [2.75, 3.05) is 5.43 Å². The molecule has 0 aliphatic heterocycles. The number of anilines is 1. The summed E-state index contributed by atoms with van der Waals surface area (Å²) in [5, 5.41) is 5.00. The van der Waals surface area contributed by atoms with E-state index in [1.54, 1.807) is 0 Å². The third kappa shape index (κ3) is 2.45. The molecule has 2 aromatic rings. The van der Waals surface area contributed by atoms with Gasteiger partial charge >= 0.3 is 0 Å². The van der Waals surface area contributed by atoms with Crippen molar-refractivity contribution in [3.8, 4) is 0 Å². The van der Waals surface area contributed by atoms with Crippen LogP contribution in [0.3, 0.4) is 0 Å². The number of rotatable bonds is 4. The molecule has 1 amide bonds. The molecule has 4 N–H and O–H groups in total. The first-order valence-corrected chi connectivity index (χ1v) is 7.36. The van der Waals surface area contributed by atoms with E-state index in [0.29, 0.717) is 11.5 Å². The lowest BCUT2D eigenvalue weighted by molar-refractivity contribution is 0.0815. The topological polar surface area (TPSA) is 80.0 Å². The molecule has 5 nitrogen and oxygen atoms in total.